The molecule has 0 heterocycles. The number of phenols is 1. The summed E-state index contributed by atoms with van der Waals surface area (Å²) in [7, 11) is 0. The molecule has 0 aromatic heterocycles. The summed E-state index contributed by atoms with van der Waals surface area (Å²) in [5.41, 5.74) is -0.307. The molecule has 5 nitrogen and oxygen atoms in total. The number of nitrogens with one attached hydrogen (secondary N) is 2. The maximum atomic E-state index is 13.5. The lowest BCUT2D eigenvalue weighted by atomic mass is 10.2. The molecule has 0 aliphatic rings. The van der Waals surface area contributed by atoms with Crippen molar-refractivity contribution in [2.75, 3.05) is 10.6 Å². The van der Waals surface area contributed by atoms with E-state index in [1.165, 1.54) is 12.1 Å². The highest BCUT2D eigenvalue weighted by atomic mass is 19.1. The number of halogens is 2. The molecule has 0 saturated heterocycles. The Hall–Kier alpha value is -3.40. The van der Waals surface area contributed by atoms with E-state index in [0.717, 1.165) is 18.3 Å². The molecule has 0 unspecified atom stereocenters. The van der Waals surface area contributed by atoms with E-state index in [1.54, 1.807) is 18.2 Å². The Morgan fingerprint density at radius 2 is 1.91 bits per heavy atom. The fourth-order valence-corrected chi connectivity index (χ4v) is 1.67. The van der Waals surface area contributed by atoms with Crippen molar-refractivity contribution >= 4 is 17.3 Å². The van der Waals surface area contributed by atoms with Crippen LogP contribution in [0.15, 0.2) is 54.2 Å². The van der Waals surface area contributed by atoms with Crippen molar-refractivity contribution in [3.63, 3.8) is 0 Å². The lowest BCUT2D eigenvalue weighted by Crippen LogP contribution is -2.14. The molecule has 0 fully saturated rings. The van der Waals surface area contributed by atoms with Crippen LogP contribution >= 0.6 is 0 Å². The lowest BCUT2D eigenvalue weighted by molar-refractivity contribution is -0.112. The quantitative estimate of drug-likeness (QED) is 0.460. The zero-order valence-corrected chi connectivity index (χ0v) is 11.7. The molecule has 23 heavy (non-hydrogen) atoms. The van der Waals surface area contributed by atoms with Gasteiger partial charge in [0.15, 0.2) is 0 Å². The van der Waals surface area contributed by atoms with Crippen LogP contribution in [0.1, 0.15) is 0 Å². The average molecular weight is 315 g/mol. The molecule has 116 valence electrons. The first-order chi connectivity index (χ1) is 11.0. The van der Waals surface area contributed by atoms with Crippen LogP contribution in [0.4, 0.5) is 20.2 Å². The highest BCUT2D eigenvalue weighted by molar-refractivity contribution is 6.07. The van der Waals surface area contributed by atoms with Crippen LogP contribution in [-0.4, -0.2) is 11.0 Å². The van der Waals surface area contributed by atoms with E-state index in [1.807, 2.05) is 0 Å². The third-order valence-electron chi connectivity index (χ3n) is 2.82. The predicted octanol–water partition coefficient (Wildman–Crippen LogP) is 3.13. The van der Waals surface area contributed by atoms with Crippen LogP contribution in [0.5, 0.6) is 5.75 Å². The molecule has 3 N–H and O–H groups in total. The number of rotatable bonds is 4. The van der Waals surface area contributed by atoms with E-state index < -0.39 is 17.5 Å². The maximum Gasteiger partial charge on any atom is 0.267 e. The molecule has 0 atom stereocenters. The molecule has 0 saturated carbocycles. The predicted molar refractivity (Wildman–Crippen MR) is 80.4 cm³/mol. The average Bonchev–Trinajstić information content (AvgIpc) is 2.52. The van der Waals surface area contributed by atoms with Gasteiger partial charge >= 0.3 is 0 Å². The van der Waals surface area contributed by atoms with Gasteiger partial charge in [-0.05, 0) is 24.3 Å². The fourth-order valence-electron chi connectivity index (χ4n) is 1.67. The second-order valence-electron chi connectivity index (χ2n) is 4.41. The number of hydrogen-bond donors (Lipinski definition) is 3. The first-order valence-corrected chi connectivity index (χ1v) is 6.42. The van der Waals surface area contributed by atoms with Crippen LogP contribution in [0.3, 0.4) is 0 Å². The summed E-state index contributed by atoms with van der Waals surface area (Å²) in [4.78, 5) is 11.9. The van der Waals surface area contributed by atoms with E-state index in [9.17, 15) is 18.7 Å². The number of carbonyl (C=O) groups excluding carboxylic acids is 1. The molecule has 0 spiro atoms. The van der Waals surface area contributed by atoms with Gasteiger partial charge in [0, 0.05) is 12.3 Å². The van der Waals surface area contributed by atoms with Crippen molar-refractivity contribution in [3.8, 4) is 11.8 Å². The van der Waals surface area contributed by atoms with Gasteiger partial charge in [-0.1, -0.05) is 12.1 Å². The number of aromatic hydroxyl groups is 1. The summed E-state index contributed by atoms with van der Waals surface area (Å²) in [6.07, 6.45) is 0.992. The Bertz CT molecular complexity index is 813. The minimum atomic E-state index is -0.861. The third kappa shape index (κ3) is 4.04. The molecule has 2 rings (SSSR count). The molecule has 0 radical (unpaired) electrons. The number of benzene rings is 2. The zero-order chi connectivity index (χ0) is 16.8. The van der Waals surface area contributed by atoms with Gasteiger partial charge in [0.1, 0.15) is 29.0 Å². The van der Waals surface area contributed by atoms with Crippen LogP contribution in [0.2, 0.25) is 0 Å². The van der Waals surface area contributed by atoms with Crippen LogP contribution in [0.25, 0.3) is 0 Å². The Morgan fingerprint density at radius 1 is 1.17 bits per heavy atom. The first-order valence-electron chi connectivity index (χ1n) is 6.42. The van der Waals surface area contributed by atoms with E-state index in [0.29, 0.717) is 6.07 Å². The summed E-state index contributed by atoms with van der Waals surface area (Å²) in [5, 5.41) is 23.3. The summed E-state index contributed by atoms with van der Waals surface area (Å²) < 4.78 is 26.3. The highest BCUT2D eigenvalue weighted by Crippen LogP contribution is 2.22. The lowest BCUT2D eigenvalue weighted by Gasteiger charge is -2.07. The molecule has 0 aliphatic carbocycles. The van der Waals surface area contributed by atoms with Crippen molar-refractivity contribution in [1.82, 2.24) is 0 Å². The van der Waals surface area contributed by atoms with E-state index >= 15 is 0 Å². The minimum absolute atomic E-state index is 0.0884. The smallest absolute Gasteiger partial charge is 0.267 e. The largest absolute Gasteiger partial charge is 0.506 e. The Balaban J connectivity index is 2.14. The number of para-hydroxylation sites is 2. The molecule has 1 amide bonds. The van der Waals surface area contributed by atoms with Crippen molar-refractivity contribution < 1.29 is 18.7 Å². The Morgan fingerprint density at radius 3 is 2.57 bits per heavy atom. The van der Waals surface area contributed by atoms with Crippen molar-refractivity contribution in [2.45, 2.75) is 0 Å². The number of phenolic OH excluding ortho intramolecular Hbond substituents is 1. The zero-order valence-electron chi connectivity index (χ0n) is 11.7. The second kappa shape index (κ2) is 7.04. The van der Waals surface area contributed by atoms with Gasteiger partial charge < -0.3 is 15.7 Å². The van der Waals surface area contributed by atoms with E-state index in [4.69, 9.17) is 5.26 Å². The molecule has 2 aromatic rings. The fraction of sp³-hybridized carbons (Fsp3) is 0. The highest BCUT2D eigenvalue weighted by Gasteiger charge is 2.11. The van der Waals surface area contributed by atoms with Gasteiger partial charge in [-0.3, -0.25) is 4.79 Å². The second-order valence-corrected chi connectivity index (χ2v) is 4.41. The standard InChI is InChI=1S/C16H11F2N3O2/c17-11-5-6-13(12(18)7-11)20-9-10(8-19)16(23)21-14-3-1-2-4-15(14)22/h1-7,9,20,22H,(H,21,23)/b10-9-. The van der Waals surface area contributed by atoms with Gasteiger partial charge in [-0.15, -0.1) is 0 Å². The van der Waals surface area contributed by atoms with Crippen molar-refractivity contribution in [3.05, 3.63) is 65.9 Å². The summed E-state index contributed by atoms with van der Waals surface area (Å²) in [6, 6.07) is 10.5. The first kappa shape index (κ1) is 16.0. The molecule has 2 aromatic carbocycles. The Kier molecular flexibility index (Phi) is 4.89. The number of anilines is 2. The van der Waals surface area contributed by atoms with Gasteiger partial charge in [0.2, 0.25) is 0 Å². The molecule has 0 bridgehead atoms. The minimum Gasteiger partial charge on any atom is -0.506 e. The van der Waals surface area contributed by atoms with Crippen LogP contribution < -0.4 is 10.6 Å². The van der Waals surface area contributed by atoms with Gasteiger partial charge in [0.05, 0.1) is 11.4 Å². The van der Waals surface area contributed by atoms with Gasteiger partial charge in [-0.25, -0.2) is 8.78 Å². The SMILES string of the molecule is N#C/C(=C/Nc1ccc(F)cc1F)C(=O)Nc1ccccc1O. The molecular formula is C16H11F2N3O2. The topological polar surface area (TPSA) is 85.2 Å². The van der Waals surface area contributed by atoms with E-state index in [-0.39, 0.29) is 22.7 Å². The number of nitrogens with zero attached hydrogens (tertiary/aromatic N) is 1. The number of carbonyl (C=O) groups is 1. The molecule has 0 aliphatic heterocycles. The molecule has 7 heteroatoms. The van der Waals surface area contributed by atoms with E-state index in [2.05, 4.69) is 10.6 Å². The maximum absolute atomic E-state index is 13.5. The van der Waals surface area contributed by atoms with Crippen molar-refractivity contribution in [2.24, 2.45) is 0 Å². The summed E-state index contributed by atoms with van der Waals surface area (Å²) >= 11 is 0. The van der Waals surface area contributed by atoms with Crippen LogP contribution in [-0.2, 0) is 4.79 Å². The van der Waals surface area contributed by atoms with Crippen molar-refractivity contribution in [1.29, 1.82) is 5.26 Å². The number of nitriles is 1. The third-order valence-corrected chi connectivity index (χ3v) is 2.82. The molecular weight excluding hydrogens is 304 g/mol. The summed E-state index contributed by atoms with van der Waals surface area (Å²) in [5.74, 6) is -2.55. The normalized spacial score (nSPS) is 10.7. The summed E-state index contributed by atoms with van der Waals surface area (Å²) in [6.45, 7) is 0. The van der Waals surface area contributed by atoms with Crippen LogP contribution in [0, 0.1) is 23.0 Å². The number of amides is 1. The monoisotopic (exact) mass is 315 g/mol. The Labute approximate surface area is 130 Å². The van der Waals surface area contributed by atoms with Gasteiger partial charge in [-0.2, -0.15) is 5.26 Å². The number of hydrogen-bond acceptors (Lipinski definition) is 4. The van der Waals surface area contributed by atoms with Gasteiger partial charge in [0.25, 0.3) is 5.91 Å².